The van der Waals surface area contributed by atoms with Gasteiger partial charge in [0.25, 0.3) is 0 Å². The monoisotopic (exact) mass is 208 g/mol. The number of hydrogen-bond donors (Lipinski definition) is 0. The number of Topliss-reactive ketones (excluding diaryl/α,β-unsaturated/α-hetero) is 1. The largest absolute Gasteiger partial charge is 0.300 e. The minimum atomic E-state index is 0.170. The summed E-state index contributed by atoms with van der Waals surface area (Å²) in [4.78, 5) is 11.0. The topological polar surface area (TPSA) is 17.1 Å². The Labute approximate surface area is 94.3 Å². The molecule has 0 spiro atoms. The van der Waals surface area contributed by atoms with E-state index >= 15 is 0 Å². The number of ketones is 1. The zero-order valence-corrected chi connectivity index (χ0v) is 10.8. The molecule has 86 valence electrons. The summed E-state index contributed by atoms with van der Waals surface area (Å²) in [6.07, 6.45) is 7.56. The van der Waals surface area contributed by atoms with E-state index in [4.69, 9.17) is 0 Å². The zero-order chi connectivity index (χ0) is 11.8. The quantitative estimate of drug-likeness (QED) is 0.595. The van der Waals surface area contributed by atoms with E-state index < -0.39 is 0 Å². The van der Waals surface area contributed by atoms with Gasteiger partial charge in [0.15, 0.2) is 0 Å². The molecule has 0 N–H and O–H groups in total. The second-order valence-electron chi connectivity index (χ2n) is 4.62. The van der Waals surface area contributed by atoms with Crippen LogP contribution in [0.5, 0.6) is 0 Å². The Morgan fingerprint density at radius 1 is 1.13 bits per heavy atom. The van der Waals surface area contributed by atoms with E-state index in [0.29, 0.717) is 0 Å². The van der Waals surface area contributed by atoms with Gasteiger partial charge in [-0.05, 0) is 47.0 Å². The highest BCUT2D eigenvalue weighted by Gasteiger charge is 2.04. The highest BCUT2D eigenvalue weighted by atomic mass is 16.1. The van der Waals surface area contributed by atoms with Crippen molar-refractivity contribution >= 4 is 5.78 Å². The summed E-state index contributed by atoms with van der Waals surface area (Å²) < 4.78 is 0. The van der Waals surface area contributed by atoms with Crippen LogP contribution in [-0.4, -0.2) is 5.78 Å². The van der Waals surface area contributed by atoms with Crippen molar-refractivity contribution in [3.05, 3.63) is 23.3 Å². The van der Waals surface area contributed by atoms with Crippen molar-refractivity contribution in [1.29, 1.82) is 0 Å². The molecule has 0 bridgehead atoms. The van der Waals surface area contributed by atoms with E-state index in [2.05, 4.69) is 32.9 Å². The maximum atomic E-state index is 11.0. The van der Waals surface area contributed by atoms with Crippen LogP contribution < -0.4 is 0 Å². The predicted octanol–water partition coefficient (Wildman–Crippen LogP) is 4.29. The second kappa shape index (κ2) is 7.44. The van der Waals surface area contributed by atoms with Gasteiger partial charge in [-0.2, -0.15) is 0 Å². The van der Waals surface area contributed by atoms with Crippen LogP contribution in [0.25, 0.3) is 0 Å². The molecule has 0 aromatic heterocycles. The molecule has 0 aliphatic carbocycles. The van der Waals surface area contributed by atoms with Gasteiger partial charge in [-0.3, -0.25) is 4.79 Å². The van der Waals surface area contributed by atoms with Crippen molar-refractivity contribution in [2.24, 2.45) is 5.92 Å². The highest BCUT2D eigenvalue weighted by Crippen LogP contribution is 2.11. The van der Waals surface area contributed by atoms with Gasteiger partial charge < -0.3 is 0 Å². The van der Waals surface area contributed by atoms with Crippen LogP contribution in [0.1, 0.15) is 53.9 Å². The summed E-state index contributed by atoms with van der Waals surface area (Å²) in [7, 11) is 0. The van der Waals surface area contributed by atoms with E-state index in [0.717, 1.165) is 19.3 Å². The molecule has 0 unspecified atom stereocenters. The van der Waals surface area contributed by atoms with E-state index in [1.165, 1.54) is 11.1 Å². The first kappa shape index (κ1) is 14.2. The SMILES string of the molecule is CC(=O)[C@@H](C)C/C=C(\C)CCC=C(C)C. The lowest BCUT2D eigenvalue weighted by atomic mass is 10.0. The standard InChI is InChI=1S/C14H24O/c1-11(2)7-6-8-12(3)9-10-13(4)14(5)15/h7,9,13H,6,8,10H2,1-5H3/b12-9+/t13-/m0/s1. The van der Waals surface area contributed by atoms with Crippen molar-refractivity contribution in [1.82, 2.24) is 0 Å². The number of hydrogen-bond acceptors (Lipinski definition) is 1. The number of carbonyl (C=O) groups is 1. The summed E-state index contributed by atoms with van der Waals surface area (Å²) in [5.74, 6) is 0.451. The number of rotatable bonds is 6. The van der Waals surface area contributed by atoms with Crippen LogP contribution in [0.3, 0.4) is 0 Å². The van der Waals surface area contributed by atoms with Gasteiger partial charge in [-0.1, -0.05) is 30.2 Å². The fraction of sp³-hybridized carbons (Fsp3) is 0.643. The van der Waals surface area contributed by atoms with Crippen molar-refractivity contribution in [2.75, 3.05) is 0 Å². The zero-order valence-electron chi connectivity index (χ0n) is 10.8. The average Bonchev–Trinajstić information content (AvgIpc) is 2.13. The van der Waals surface area contributed by atoms with Gasteiger partial charge in [0.2, 0.25) is 0 Å². The maximum Gasteiger partial charge on any atom is 0.132 e. The second-order valence-corrected chi connectivity index (χ2v) is 4.62. The number of allylic oxidation sites excluding steroid dienone is 4. The minimum Gasteiger partial charge on any atom is -0.300 e. The molecule has 0 aromatic rings. The molecule has 0 rings (SSSR count). The average molecular weight is 208 g/mol. The summed E-state index contributed by atoms with van der Waals surface area (Å²) in [5.41, 5.74) is 2.76. The molecule has 0 amide bonds. The van der Waals surface area contributed by atoms with Gasteiger partial charge in [-0.15, -0.1) is 0 Å². The molecule has 1 nitrogen and oxygen atoms in total. The molecule has 0 aliphatic rings. The van der Waals surface area contributed by atoms with Crippen LogP contribution >= 0.6 is 0 Å². The Kier molecular flexibility index (Phi) is 7.02. The van der Waals surface area contributed by atoms with Crippen LogP contribution in [0.2, 0.25) is 0 Å². The number of carbonyl (C=O) groups excluding carboxylic acids is 1. The molecule has 0 saturated carbocycles. The molecular formula is C14H24O. The van der Waals surface area contributed by atoms with E-state index in [1.807, 2.05) is 6.92 Å². The van der Waals surface area contributed by atoms with E-state index in [1.54, 1.807) is 6.92 Å². The molecule has 0 aromatic carbocycles. The third-order valence-corrected chi connectivity index (χ3v) is 2.61. The Morgan fingerprint density at radius 3 is 2.20 bits per heavy atom. The lowest BCUT2D eigenvalue weighted by Gasteiger charge is -2.04. The molecule has 0 aliphatic heterocycles. The van der Waals surface area contributed by atoms with Gasteiger partial charge in [0, 0.05) is 5.92 Å². The van der Waals surface area contributed by atoms with Crippen LogP contribution in [0.4, 0.5) is 0 Å². The lowest BCUT2D eigenvalue weighted by Crippen LogP contribution is -2.04. The minimum absolute atomic E-state index is 0.170. The van der Waals surface area contributed by atoms with Crippen molar-refractivity contribution in [2.45, 2.75) is 53.9 Å². The lowest BCUT2D eigenvalue weighted by molar-refractivity contribution is -0.120. The van der Waals surface area contributed by atoms with Crippen molar-refractivity contribution in [3.63, 3.8) is 0 Å². The summed E-state index contributed by atoms with van der Waals surface area (Å²) in [5, 5.41) is 0. The molecule has 0 heterocycles. The van der Waals surface area contributed by atoms with Crippen molar-refractivity contribution < 1.29 is 4.79 Å². The van der Waals surface area contributed by atoms with E-state index in [-0.39, 0.29) is 11.7 Å². The van der Waals surface area contributed by atoms with E-state index in [9.17, 15) is 4.79 Å². The Balaban J connectivity index is 3.89. The predicted molar refractivity (Wildman–Crippen MR) is 66.9 cm³/mol. The molecule has 1 heteroatoms. The molecule has 0 fully saturated rings. The van der Waals surface area contributed by atoms with Crippen molar-refractivity contribution in [3.8, 4) is 0 Å². The Bertz CT molecular complexity index is 255. The van der Waals surface area contributed by atoms with Crippen LogP contribution in [0.15, 0.2) is 23.3 Å². The van der Waals surface area contributed by atoms with Gasteiger partial charge in [0.1, 0.15) is 5.78 Å². The third kappa shape index (κ3) is 8.17. The summed E-state index contributed by atoms with van der Waals surface area (Å²) in [6, 6.07) is 0. The van der Waals surface area contributed by atoms with Gasteiger partial charge in [-0.25, -0.2) is 0 Å². The molecule has 15 heavy (non-hydrogen) atoms. The summed E-state index contributed by atoms with van der Waals surface area (Å²) >= 11 is 0. The highest BCUT2D eigenvalue weighted by molar-refractivity contribution is 5.77. The first-order chi connectivity index (χ1) is 6.93. The smallest absolute Gasteiger partial charge is 0.132 e. The molecule has 0 saturated heterocycles. The van der Waals surface area contributed by atoms with Crippen LogP contribution in [0, 0.1) is 5.92 Å². The first-order valence-corrected chi connectivity index (χ1v) is 5.73. The normalized spacial score (nSPS) is 13.5. The van der Waals surface area contributed by atoms with Gasteiger partial charge in [0.05, 0.1) is 0 Å². The Hall–Kier alpha value is -0.850. The first-order valence-electron chi connectivity index (χ1n) is 5.73. The fourth-order valence-corrected chi connectivity index (χ4v) is 1.23. The summed E-state index contributed by atoms with van der Waals surface area (Å²) in [6.45, 7) is 10.0. The Morgan fingerprint density at radius 2 is 1.73 bits per heavy atom. The third-order valence-electron chi connectivity index (χ3n) is 2.61. The molecule has 0 radical (unpaired) electrons. The van der Waals surface area contributed by atoms with Gasteiger partial charge >= 0.3 is 0 Å². The molecular weight excluding hydrogens is 184 g/mol. The fourth-order valence-electron chi connectivity index (χ4n) is 1.23. The maximum absolute atomic E-state index is 11.0. The molecule has 1 atom stereocenters. The van der Waals surface area contributed by atoms with Crippen LogP contribution in [-0.2, 0) is 4.79 Å².